The summed E-state index contributed by atoms with van der Waals surface area (Å²) >= 11 is -0.0455. The number of halogens is 3. The van der Waals surface area contributed by atoms with Gasteiger partial charge in [0.25, 0.3) is 0 Å². The van der Waals surface area contributed by atoms with Crippen LogP contribution in [0.1, 0.15) is 19.8 Å². The van der Waals surface area contributed by atoms with Crippen LogP contribution in [0.3, 0.4) is 0 Å². The van der Waals surface area contributed by atoms with Gasteiger partial charge in [0, 0.05) is 18.8 Å². The first-order chi connectivity index (χ1) is 6.45. The first kappa shape index (κ1) is 14.1. The van der Waals surface area contributed by atoms with Gasteiger partial charge in [-0.1, -0.05) is 13.3 Å². The summed E-state index contributed by atoms with van der Waals surface area (Å²) in [5.41, 5.74) is -4.15. The summed E-state index contributed by atoms with van der Waals surface area (Å²) in [4.78, 5) is 0. The van der Waals surface area contributed by atoms with Crippen molar-refractivity contribution in [1.29, 1.82) is 0 Å². The Kier molecular flexibility index (Phi) is 7.40. The molecule has 0 amide bonds. The van der Waals surface area contributed by atoms with Crippen LogP contribution in [0, 0.1) is 0 Å². The topological polar surface area (TPSA) is 32.3 Å². The van der Waals surface area contributed by atoms with E-state index < -0.39 is 11.6 Å². The van der Waals surface area contributed by atoms with Crippen LogP contribution in [0.15, 0.2) is 0 Å². The van der Waals surface area contributed by atoms with Gasteiger partial charge < -0.3 is 10.4 Å². The van der Waals surface area contributed by atoms with Crippen molar-refractivity contribution < 1.29 is 18.3 Å². The SMILES string of the molecule is CCCC(O)CNCCSC(F)(F)F. The van der Waals surface area contributed by atoms with Crippen LogP contribution in [-0.4, -0.2) is 35.6 Å². The molecule has 0 heterocycles. The average Bonchev–Trinajstić information content (AvgIpc) is 2.02. The highest BCUT2D eigenvalue weighted by atomic mass is 32.2. The van der Waals surface area contributed by atoms with Gasteiger partial charge in [0.15, 0.2) is 0 Å². The third kappa shape index (κ3) is 10.1. The zero-order valence-corrected chi connectivity index (χ0v) is 8.92. The molecule has 1 unspecified atom stereocenters. The Morgan fingerprint density at radius 1 is 1.43 bits per heavy atom. The number of hydrogen-bond acceptors (Lipinski definition) is 3. The molecule has 0 aliphatic rings. The van der Waals surface area contributed by atoms with E-state index in [-0.39, 0.29) is 24.1 Å². The highest BCUT2D eigenvalue weighted by molar-refractivity contribution is 8.00. The summed E-state index contributed by atoms with van der Waals surface area (Å²) in [5, 5.41) is 12.0. The van der Waals surface area contributed by atoms with Crippen molar-refractivity contribution in [3.05, 3.63) is 0 Å². The Bertz CT molecular complexity index is 143. The minimum atomic E-state index is -4.15. The number of alkyl halides is 3. The lowest BCUT2D eigenvalue weighted by molar-refractivity contribution is -0.0327. The smallest absolute Gasteiger partial charge is 0.392 e. The van der Waals surface area contributed by atoms with Crippen LogP contribution >= 0.6 is 11.8 Å². The van der Waals surface area contributed by atoms with Crippen LogP contribution in [0.25, 0.3) is 0 Å². The van der Waals surface area contributed by atoms with Crippen molar-refractivity contribution in [2.75, 3.05) is 18.8 Å². The van der Waals surface area contributed by atoms with Crippen LogP contribution in [0.2, 0.25) is 0 Å². The summed E-state index contributed by atoms with van der Waals surface area (Å²) in [6.45, 7) is 2.58. The summed E-state index contributed by atoms with van der Waals surface area (Å²) in [6, 6.07) is 0. The molecule has 0 aliphatic carbocycles. The number of thioether (sulfide) groups is 1. The second-order valence-corrected chi connectivity index (χ2v) is 4.10. The molecular weight excluding hydrogens is 215 g/mol. The van der Waals surface area contributed by atoms with E-state index in [1.54, 1.807) is 0 Å². The number of aliphatic hydroxyl groups excluding tert-OH is 1. The molecule has 0 bridgehead atoms. The third-order valence-corrected chi connectivity index (χ3v) is 2.28. The van der Waals surface area contributed by atoms with Crippen molar-refractivity contribution in [2.24, 2.45) is 0 Å². The van der Waals surface area contributed by atoms with Gasteiger partial charge in [-0.2, -0.15) is 13.2 Å². The minimum absolute atomic E-state index is 0.0116. The zero-order valence-electron chi connectivity index (χ0n) is 8.10. The Morgan fingerprint density at radius 3 is 2.57 bits per heavy atom. The molecule has 86 valence electrons. The minimum Gasteiger partial charge on any atom is -0.392 e. The molecule has 0 aromatic carbocycles. The number of hydrogen-bond donors (Lipinski definition) is 2. The fourth-order valence-electron chi connectivity index (χ4n) is 0.943. The van der Waals surface area contributed by atoms with Gasteiger partial charge >= 0.3 is 5.51 Å². The number of aliphatic hydroxyl groups is 1. The van der Waals surface area contributed by atoms with Gasteiger partial charge in [-0.05, 0) is 18.2 Å². The van der Waals surface area contributed by atoms with Crippen LogP contribution in [0.4, 0.5) is 13.2 Å². The molecule has 1 atom stereocenters. The molecule has 0 saturated carbocycles. The quantitative estimate of drug-likeness (QED) is 0.657. The summed E-state index contributed by atoms with van der Waals surface area (Å²) in [7, 11) is 0. The second kappa shape index (κ2) is 7.36. The first-order valence-electron chi connectivity index (χ1n) is 4.55. The molecule has 2 nitrogen and oxygen atoms in total. The van der Waals surface area contributed by atoms with Gasteiger partial charge in [-0.3, -0.25) is 0 Å². The van der Waals surface area contributed by atoms with Crippen molar-refractivity contribution in [3.8, 4) is 0 Å². The van der Waals surface area contributed by atoms with E-state index in [4.69, 9.17) is 0 Å². The van der Waals surface area contributed by atoms with Crippen molar-refractivity contribution in [3.63, 3.8) is 0 Å². The third-order valence-electron chi connectivity index (χ3n) is 1.55. The molecule has 14 heavy (non-hydrogen) atoms. The summed E-state index contributed by atoms with van der Waals surface area (Å²) in [6.07, 6.45) is 1.11. The normalized spacial score (nSPS) is 14.4. The average molecular weight is 231 g/mol. The Morgan fingerprint density at radius 2 is 2.07 bits per heavy atom. The second-order valence-electron chi connectivity index (χ2n) is 2.94. The van der Waals surface area contributed by atoms with Crippen molar-refractivity contribution in [1.82, 2.24) is 5.32 Å². The van der Waals surface area contributed by atoms with E-state index in [2.05, 4.69) is 5.32 Å². The molecule has 0 aliphatic heterocycles. The van der Waals surface area contributed by atoms with Crippen LogP contribution in [-0.2, 0) is 0 Å². The summed E-state index contributed by atoms with van der Waals surface area (Å²) < 4.78 is 34.9. The molecule has 6 heteroatoms. The van der Waals surface area contributed by atoms with Crippen molar-refractivity contribution in [2.45, 2.75) is 31.4 Å². The maximum atomic E-state index is 11.6. The predicted octanol–water partition coefficient (Wildman–Crippen LogP) is 1.99. The van der Waals surface area contributed by atoms with Crippen LogP contribution in [0.5, 0.6) is 0 Å². The zero-order chi connectivity index (χ0) is 11.0. The Labute approximate surface area is 86.3 Å². The molecule has 0 saturated heterocycles. The fourth-order valence-corrected chi connectivity index (χ4v) is 1.42. The van der Waals surface area contributed by atoms with Gasteiger partial charge in [-0.15, -0.1) is 0 Å². The first-order valence-corrected chi connectivity index (χ1v) is 5.53. The molecule has 0 aromatic rings. The molecule has 0 spiro atoms. The summed E-state index contributed by atoms with van der Waals surface area (Å²) in [5.74, 6) is -0.0116. The molecule has 0 fully saturated rings. The molecular formula is C8H16F3NOS. The van der Waals surface area contributed by atoms with Crippen LogP contribution < -0.4 is 5.32 Å². The van der Waals surface area contributed by atoms with Crippen molar-refractivity contribution >= 4 is 11.8 Å². The Hall–Kier alpha value is 0.0600. The van der Waals surface area contributed by atoms with E-state index in [1.165, 1.54) is 0 Å². The van der Waals surface area contributed by atoms with E-state index in [1.807, 2.05) is 6.92 Å². The maximum Gasteiger partial charge on any atom is 0.441 e. The fraction of sp³-hybridized carbons (Fsp3) is 1.00. The van der Waals surface area contributed by atoms with Gasteiger partial charge in [-0.25, -0.2) is 0 Å². The van der Waals surface area contributed by atoms with E-state index in [0.717, 1.165) is 6.42 Å². The monoisotopic (exact) mass is 231 g/mol. The lowest BCUT2D eigenvalue weighted by Crippen LogP contribution is -2.28. The molecule has 0 aromatic heterocycles. The highest BCUT2D eigenvalue weighted by Gasteiger charge is 2.27. The largest absolute Gasteiger partial charge is 0.441 e. The number of rotatable bonds is 7. The predicted molar refractivity (Wildman–Crippen MR) is 52.3 cm³/mol. The standard InChI is InChI=1S/C8H16F3NOS/c1-2-3-7(13)6-12-4-5-14-8(9,10)11/h7,12-13H,2-6H2,1H3. The van der Waals surface area contributed by atoms with Gasteiger partial charge in [0.05, 0.1) is 6.10 Å². The lowest BCUT2D eigenvalue weighted by atomic mass is 10.2. The maximum absolute atomic E-state index is 11.6. The van der Waals surface area contributed by atoms with Gasteiger partial charge in [0.1, 0.15) is 0 Å². The lowest BCUT2D eigenvalue weighted by Gasteiger charge is -2.10. The molecule has 2 N–H and O–H groups in total. The highest BCUT2D eigenvalue weighted by Crippen LogP contribution is 2.29. The Balaban J connectivity index is 3.21. The van der Waals surface area contributed by atoms with E-state index in [0.29, 0.717) is 13.0 Å². The molecule has 0 radical (unpaired) electrons. The van der Waals surface area contributed by atoms with E-state index in [9.17, 15) is 18.3 Å². The van der Waals surface area contributed by atoms with Gasteiger partial charge in [0.2, 0.25) is 0 Å². The number of nitrogens with one attached hydrogen (secondary N) is 1. The van der Waals surface area contributed by atoms with E-state index >= 15 is 0 Å². The molecule has 0 rings (SSSR count).